The Morgan fingerprint density at radius 1 is 1.21 bits per heavy atom. The van der Waals surface area contributed by atoms with Crippen LogP contribution in [0.2, 0.25) is 0 Å². The van der Waals surface area contributed by atoms with Gasteiger partial charge in [0.15, 0.2) is 5.78 Å². The number of ketones is 1. The van der Waals surface area contributed by atoms with E-state index in [1.54, 1.807) is 6.92 Å². The molecule has 0 bridgehead atoms. The molecule has 0 radical (unpaired) electrons. The largest absolute Gasteiger partial charge is 0.462 e. The number of allylic oxidation sites excluding steroid dienone is 2. The highest BCUT2D eigenvalue weighted by molar-refractivity contribution is 7.10. The predicted molar refractivity (Wildman–Crippen MR) is 106 cm³/mol. The third-order valence-electron chi connectivity index (χ3n) is 5.13. The van der Waals surface area contributed by atoms with Crippen LogP contribution in [0.1, 0.15) is 42.0 Å². The van der Waals surface area contributed by atoms with E-state index in [1.807, 2.05) is 47.8 Å². The summed E-state index contributed by atoms with van der Waals surface area (Å²) in [5.74, 6) is -0.461. The van der Waals surface area contributed by atoms with Gasteiger partial charge in [0.25, 0.3) is 0 Å². The molecule has 28 heavy (non-hydrogen) atoms. The first kappa shape index (κ1) is 18.5. The molecule has 1 aliphatic heterocycles. The minimum atomic E-state index is -0.539. The second-order valence-electron chi connectivity index (χ2n) is 6.82. The van der Waals surface area contributed by atoms with Crippen LogP contribution in [0.5, 0.6) is 0 Å². The van der Waals surface area contributed by atoms with Crippen molar-refractivity contribution in [1.82, 2.24) is 0 Å². The van der Waals surface area contributed by atoms with Crippen molar-refractivity contribution in [2.75, 3.05) is 6.61 Å². The van der Waals surface area contributed by atoms with E-state index in [0.717, 1.165) is 10.4 Å². The van der Waals surface area contributed by atoms with E-state index in [9.17, 15) is 9.59 Å². The maximum atomic E-state index is 13.2. The summed E-state index contributed by atoms with van der Waals surface area (Å²) in [6.07, 6.45) is 0.952. The Bertz CT molecular complexity index is 960. The number of rotatable bonds is 4. The lowest BCUT2D eigenvalue weighted by atomic mass is 9.75. The zero-order valence-corrected chi connectivity index (χ0v) is 16.3. The number of hydrogen-bond acceptors (Lipinski definition) is 6. The van der Waals surface area contributed by atoms with Crippen LogP contribution in [0.25, 0.3) is 0 Å². The zero-order valence-electron chi connectivity index (χ0n) is 15.5. The monoisotopic (exact) mass is 395 g/mol. The zero-order chi connectivity index (χ0) is 19.7. The summed E-state index contributed by atoms with van der Waals surface area (Å²) in [6.45, 7) is 1.96. The Balaban J connectivity index is 1.77. The van der Waals surface area contributed by atoms with Gasteiger partial charge in [-0.05, 0) is 29.9 Å². The predicted octanol–water partition coefficient (Wildman–Crippen LogP) is 4.00. The molecule has 0 fully saturated rings. The lowest BCUT2D eigenvalue weighted by molar-refractivity contribution is -0.139. The van der Waals surface area contributed by atoms with Gasteiger partial charge in [0.1, 0.15) is 11.3 Å². The molecule has 0 amide bonds. The summed E-state index contributed by atoms with van der Waals surface area (Å²) >= 11 is 1.49. The fourth-order valence-corrected chi connectivity index (χ4v) is 4.76. The molecule has 2 aliphatic rings. The van der Waals surface area contributed by atoms with Gasteiger partial charge in [-0.3, -0.25) is 4.79 Å². The molecule has 2 N–H and O–H groups in total. The lowest BCUT2D eigenvalue weighted by Gasteiger charge is -2.34. The Morgan fingerprint density at radius 2 is 2.00 bits per heavy atom. The standard InChI is InChI=1S/C22H21NO4S/c1-2-26-22(25)20-19(17-9-6-10-28-17)18-15(24)11-14(12-16(18)27-21(20)23)13-7-4-3-5-8-13/h3-10,14,19H,2,11-12,23H2,1H3/t14-,19-/m0/s1. The quantitative estimate of drug-likeness (QED) is 0.792. The number of carbonyl (C=O) groups excluding carboxylic acids is 2. The number of ether oxygens (including phenoxy) is 2. The first-order chi connectivity index (χ1) is 13.6. The summed E-state index contributed by atoms with van der Waals surface area (Å²) < 4.78 is 11.0. The van der Waals surface area contributed by atoms with Crippen LogP contribution in [0.15, 0.2) is 70.6 Å². The molecular formula is C22H21NO4S. The summed E-state index contributed by atoms with van der Waals surface area (Å²) in [5, 5.41) is 1.92. The number of esters is 1. The average Bonchev–Trinajstić information content (AvgIpc) is 3.22. The first-order valence-electron chi connectivity index (χ1n) is 9.29. The van der Waals surface area contributed by atoms with E-state index in [2.05, 4.69) is 0 Å². The molecule has 1 aromatic carbocycles. The molecule has 4 rings (SSSR count). The smallest absolute Gasteiger partial charge is 0.340 e. The minimum Gasteiger partial charge on any atom is -0.462 e. The van der Waals surface area contributed by atoms with E-state index in [4.69, 9.17) is 15.2 Å². The molecule has 6 heteroatoms. The van der Waals surface area contributed by atoms with Gasteiger partial charge in [0, 0.05) is 23.3 Å². The molecular weight excluding hydrogens is 374 g/mol. The highest BCUT2D eigenvalue weighted by atomic mass is 32.1. The van der Waals surface area contributed by atoms with Gasteiger partial charge in [0.05, 0.1) is 12.5 Å². The number of nitrogens with two attached hydrogens (primary N) is 1. The van der Waals surface area contributed by atoms with Crippen LogP contribution < -0.4 is 5.73 Å². The third-order valence-corrected chi connectivity index (χ3v) is 6.07. The summed E-state index contributed by atoms with van der Waals surface area (Å²) in [7, 11) is 0. The third kappa shape index (κ3) is 3.24. The Hall–Kier alpha value is -2.86. The second kappa shape index (κ2) is 7.64. The van der Waals surface area contributed by atoms with Crippen molar-refractivity contribution in [2.24, 2.45) is 5.73 Å². The topological polar surface area (TPSA) is 78.6 Å². The summed E-state index contributed by atoms with van der Waals surface area (Å²) in [4.78, 5) is 26.7. The summed E-state index contributed by atoms with van der Waals surface area (Å²) in [6, 6.07) is 13.7. The Kier molecular flexibility index (Phi) is 5.05. The Morgan fingerprint density at radius 3 is 2.68 bits per heavy atom. The second-order valence-corrected chi connectivity index (χ2v) is 7.80. The highest BCUT2D eigenvalue weighted by Crippen LogP contribution is 2.48. The van der Waals surface area contributed by atoms with Gasteiger partial charge < -0.3 is 15.2 Å². The fraction of sp³-hybridized carbons (Fsp3) is 0.273. The maximum absolute atomic E-state index is 13.2. The number of Topliss-reactive ketones (excluding diaryl/α,β-unsaturated/α-hetero) is 1. The van der Waals surface area contributed by atoms with Crippen molar-refractivity contribution in [2.45, 2.75) is 31.6 Å². The lowest BCUT2D eigenvalue weighted by Crippen LogP contribution is -2.32. The molecule has 1 aliphatic carbocycles. The number of thiophene rings is 1. The average molecular weight is 395 g/mol. The van der Waals surface area contributed by atoms with Gasteiger partial charge in [0.2, 0.25) is 5.88 Å². The first-order valence-corrected chi connectivity index (χ1v) is 10.2. The molecule has 0 saturated carbocycles. The molecule has 1 aromatic heterocycles. The number of carbonyl (C=O) groups is 2. The van der Waals surface area contributed by atoms with Crippen molar-refractivity contribution >= 4 is 23.1 Å². The highest BCUT2D eigenvalue weighted by Gasteiger charge is 2.43. The van der Waals surface area contributed by atoms with Crippen LogP contribution in [0.4, 0.5) is 0 Å². The van der Waals surface area contributed by atoms with Crippen molar-refractivity contribution in [3.05, 3.63) is 81.1 Å². The van der Waals surface area contributed by atoms with E-state index in [-0.39, 0.29) is 29.8 Å². The van der Waals surface area contributed by atoms with Gasteiger partial charge >= 0.3 is 5.97 Å². The van der Waals surface area contributed by atoms with Crippen molar-refractivity contribution < 1.29 is 19.1 Å². The van der Waals surface area contributed by atoms with Gasteiger partial charge in [-0.25, -0.2) is 4.79 Å². The minimum absolute atomic E-state index is 0.0113. The Labute approximate surface area is 167 Å². The molecule has 2 heterocycles. The molecule has 2 atom stereocenters. The normalized spacial score (nSPS) is 22.0. The van der Waals surface area contributed by atoms with E-state index in [0.29, 0.717) is 24.2 Å². The molecule has 0 saturated heterocycles. The van der Waals surface area contributed by atoms with E-state index >= 15 is 0 Å². The SMILES string of the molecule is CCOC(=O)C1=C(N)OC2=C(C(=O)C[C@H](c3ccccc3)C2)[C@@H]1c1cccs1. The maximum Gasteiger partial charge on any atom is 0.340 e. The van der Waals surface area contributed by atoms with Crippen molar-refractivity contribution in [3.63, 3.8) is 0 Å². The molecule has 2 aromatic rings. The van der Waals surface area contributed by atoms with E-state index in [1.165, 1.54) is 11.3 Å². The van der Waals surface area contributed by atoms with Crippen LogP contribution in [-0.4, -0.2) is 18.4 Å². The number of benzene rings is 1. The molecule has 0 unspecified atom stereocenters. The van der Waals surface area contributed by atoms with Crippen LogP contribution in [0.3, 0.4) is 0 Å². The molecule has 0 spiro atoms. The fourth-order valence-electron chi connectivity index (χ4n) is 3.92. The van der Waals surface area contributed by atoms with Crippen LogP contribution >= 0.6 is 11.3 Å². The number of hydrogen-bond donors (Lipinski definition) is 1. The van der Waals surface area contributed by atoms with Gasteiger partial charge in [-0.2, -0.15) is 0 Å². The summed E-state index contributed by atoms with van der Waals surface area (Å²) in [5.41, 5.74) is 8.01. The van der Waals surface area contributed by atoms with Gasteiger partial charge in [-0.1, -0.05) is 36.4 Å². The van der Waals surface area contributed by atoms with Crippen LogP contribution in [0, 0.1) is 0 Å². The van der Waals surface area contributed by atoms with Crippen molar-refractivity contribution in [1.29, 1.82) is 0 Å². The van der Waals surface area contributed by atoms with Crippen LogP contribution in [-0.2, 0) is 19.1 Å². The van der Waals surface area contributed by atoms with E-state index < -0.39 is 11.9 Å². The van der Waals surface area contributed by atoms with Crippen molar-refractivity contribution in [3.8, 4) is 0 Å². The molecule has 144 valence electrons. The molecule has 5 nitrogen and oxygen atoms in total. The van der Waals surface area contributed by atoms with Gasteiger partial charge in [-0.15, -0.1) is 11.3 Å².